The molecule has 0 aromatic rings. The lowest BCUT2D eigenvalue weighted by atomic mass is 9.81. The number of hydrogen-bond donors (Lipinski definition) is 2. The summed E-state index contributed by atoms with van der Waals surface area (Å²) in [6, 6.07) is 0. The lowest BCUT2D eigenvalue weighted by molar-refractivity contribution is 0.00370. The summed E-state index contributed by atoms with van der Waals surface area (Å²) in [7, 11) is 0. The average molecular weight is 192 g/mol. The lowest BCUT2D eigenvalue weighted by Gasteiger charge is -2.32. The molecule has 0 fully saturated rings. The van der Waals surface area contributed by atoms with E-state index in [1.807, 2.05) is 6.92 Å². The van der Waals surface area contributed by atoms with Gasteiger partial charge in [-0.3, -0.25) is 0 Å². The first-order valence-corrected chi connectivity index (χ1v) is 4.24. The minimum absolute atomic E-state index is 0. The van der Waals surface area contributed by atoms with E-state index in [2.05, 4.69) is 12.2 Å². The summed E-state index contributed by atoms with van der Waals surface area (Å²) in [5.41, 5.74) is 4.80. The molecule has 0 saturated carbocycles. The second kappa shape index (κ2) is 4.85. The van der Waals surface area contributed by atoms with Crippen molar-refractivity contribution in [3.63, 3.8) is 0 Å². The standard InChI is InChI=1S/C9H17NO.ClH/c1-9(11,7-10)8-5-3-2-4-6-8;/h2-3,8,11H,4-7,10H2,1H3;1H. The van der Waals surface area contributed by atoms with E-state index in [4.69, 9.17) is 5.73 Å². The van der Waals surface area contributed by atoms with E-state index in [-0.39, 0.29) is 12.4 Å². The molecule has 3 N–H and O–H groups in total. The zero-order valence-corrected chi connectivity index (χ0v) is 8.31. The van der Waals surface area contributed by atoms with Crippen molar-refractivity contribution in [3.05, 3.63) is 12.2 Å². The molecule has 0 spiro atoms. The van der Waals surface area contributed by atoms with Crippen LogP contribution in [0.25, 0.3) is 0 Å². The van der Waals surface area contributed by atoms with Crippen LogP contribution in [0.15, 0.2) is 12.2 Å². The Kier molecular flexibility index (Phi) is 4.83. The third-order valence-corrected chi connectivity index (χ3v) is 2.56. The van der Waals surface area contributed by atoms with Gasteiger partial charge in [0.1, 0.15) is 0 Å². The second-order valence-electron chi connectivity index (χ2n) is 3.54. The smallest absolute Gasteiger partial charge is 0.0772 e. The number of aliphatic hydroxyl groups is 1. The quantitative estimate of drug-likeness (QED) is 0.650. The molecule has 12 heavy (non-hydrogen) atoms. The summed E-state index contributed by atoms with van der Waals surface area (Å²) < 4.78 is 0. The zero-order valence-electron chi connectivity index (χ0n) is 7.49. The largest absolute Gasteiger partial charge is 0.389 e. The molecule has 2 unspecified atom stereocenters. The Balaban J connectivity index is 0.00000121. The maximum Gasteiger partial charge on any atom is 0.0772 e. The Morgan fingerprint density at radius 2 is 2.25 bits per heavy atom. The van der Waals surface area contributed by atoms with Crippen molar-refractivity contribution in [2.75, 3.05) is 6.54 Å². The van der Waals surface area contributed by atoms with Crippen LogP contribution in [0.3, 0.4) is 0 Å². The topological polar surface area (TPSA) is 46.2 Å². The summed E-state index contributed by atoms with van der Waals surface area (Å²) in [4.78, 5) is 0. The van der Waals surface area contributed by atoms with Gasteiger partial charge in [0.15, 0.2) is 0 Å². The van der Waals surface area contributed by atoms with Crippen LogP contribution in [-0.4, -0.2) is 17.3 Å². The zero-order chi connectivity index (χ0) is 8.32. The van der Waals surface area contributed by atoms with E-state index < -0.39 is 5.60 Å². The molecule has 0 aromatic carbocycles. The molecule has 2 atom stereocenters. The first-order valence-electron chi connectivity index (χ1n) is 4.24. The van der Waals surface area contributed by atoms with Gasteiger partial charge in [-0.05, 0) is 32.1 Å². The van der Waals surface area contributed by atoms with Crippen molar-refractivity contribution in [2.45, 2.75) is 31.8 Å². The Morgan fingerprint density at radius 1 is 1.58 bits per heavy atom. The highest BCUT2D eigenvalue weighted by Crippen LogP contribution is 2.28. The maximum atomic E-state index is 9.79. The molecule has 0 radical (unpaired) electrons. The van der Waals surface area contributed by atoms with Crippen LogP contribution in [0.4, 0.5) is 0 Å². The van der Waals surface area contributed by atoms with Crippen molar-refractivity contribution in [2.24, 2.45) is 11.7 Å². The van der Waals surface area contributed by atoms with Crippen molar-refractivity contribution in [1.82, 2.24) is 0 Å². The highest BCUT2D eigenvalue weighted by molar-refractivity contribution is 5.85. The van der Waals surface area contributed by atoms with Crippen LogP contribution in [-0.2, 0) is 0 Å². The molecular weight excluding hydrogens is 174 g/mol. The molecule has 2 nitrogen and oxygen atoms in total. The fraction of sp³-hybridized carbons (Fsp3) is 0.778. The van der Waals surface area contributed by atoms with Gasteiger partial charge < -0.3 is 10.8 Å². The lowest BCUT2D eigenvalue weighted by Crippen LogP contribution is -2.42. The first kappa shape index (κ1) is 11.9. The Hall–Kier alpha value is -0.0500. The van der Waals surface area contributed by atoms with Crippen LogP contribution in [0.1, 0.15) is 26.2 Å². The molecule has 0 bridgehead atoms. The summed E-state index contributed by atoms with van der Waals surface area (Å²) in [6.07, 6.45) is 7.44. The van der Waals surface area contributed by atoms with Gasteiger partial charge in [-0.1, -0.05) is 12.2 Å². The number of allylic oxidation sites excluding steroid dienone is 2. The minimum atomic E-state index is -0.662. The van der Waals surface area contributed by atoms with Gasteiger partial charge in [0, 0.05) is 6.54 Å². The molecule has 1 rings (SSSR count). The van der Waals surface area contributed by atoms with Gasteiger partial charge >= 0.3 is 0 Å². The van der Waals surface area contributed by atoms with E-state index in [9.17, 15) is 5.11 Å². The molecule has 0 saturated heterocycles. The molecule has 0 amide bonds. The van der Waals surface area contributed by atoms with Crippen LogP contribution in [0.5, 0.6) is 0 Å². The Bertz CT molecular complexity index is 157. The summed E-state index contributed by atoms with van der Waals surface area (Å²) in [6.45, 7) is 2.20. The maximum absolute atomic E-state index is 9.79. The third-order valence-electron chi connectivity index (χ3n) is 2.56. The van der Waals surface area contributed by atoms with Crippen LogP contribution in [0.2, 0.25) is 0 Å². The van der Waals surface area contributed by atoms with Crippen LogP contribution in [0, 0.1) is 5.92 Å². The SMILES string of the molecule is CC(O)(CN)C1CC=CCC1.Cl. The monoisotopic (exact) mass is 191 g/mol. The van der Waals surface area contributed by atoms with Gasteiger partial charge in [-0.15, -0.1) is 12.4 Å². The predicted octanol–water partition coefficient (Wildman–Crippen LogP) is 1.47. The van der Waals surface area contributed by atoms with Gasteiger partial charge in [0.2, 0.25) is 0 Å². The van der Waals surface area contributed by atoms with Crippen molar-refractivity contribution >= 4 is 12.4 Å². The van der Waals surface area contributed by atoms with E-state index >= 15 is 0 Å². The number of halogens is 1. The summed E-state index contributed by atoms with van der Waals surface area (Å²) in [5, 5.41) is 9.79. The van der Waals surface area contributed by atoms with Gasteiger partial charge in [0.25, 0.3) is 0 Å². The van der Waals surface area contributed by atoms with Crippen molar-refractivity contribution in [3.8, 4) is 0 Å². The predicted molar refractivity (Wildman–Crippen MR) is 53.4 cm³/mol. The third kappa shape index (κ3) is 2.77. The van der Waals surface area contributed by atoms with Crippen LogP contribution >= 0.6 is 12.4 Å². The summed E-state index contributed by atoms with van der Waals surface area (Å²) in [5.74, 6) is 0.359. The fourth-order valence-electron chi connectivity index (χ4n) is 1.53. The minimum Gasteiger partial charge on any atom is -0.389 e. The van der Waals surface area contributed by atoms with E-state index in [0.717, 1.165) is 19.3 Å². The second-order valence-corrected chi connectivity index (χ2v) is 3.54. The van der Waals surface area contributed by atoms with Gasteiger partial charge in [-0.2, -0.15) is 0 Å². The van der Waals surface area contributed by atoms with Gasteiger partial charge in [-0.25, -0.2) is 0 Å². The summed E-state index contributed by atoms with van der Waals surface area (Å²) >= 11 is 0. The van der Waals surface area contributed by atoms with E-state index in [0.29, 0.717) is 12.5 Å². The highest BCUT2D eigenvalue weighted by Gasteiger charge is 2.29. The molecule has 0 heterocycles. The molecule has 1 aliphatic carbocycles. The van der Waals surface area contributed by atoms with Crippen molar-refractivity contribution in [1.29, 1.82) is 0 Å². The number of nitrogens with two attached hydrogens (primary N) is 1. The first-order chi connectivity index (χ1) is 5.17. The highest BCUT2D eigenvalue weighted by atomic mass is 35.5. The molecule has 3 heteroatoms. The molecule has 0 aliphatic heterocycles. The van der Waals surface area contributed by atoms with E-state index in [1.54, 1.807) is 0 Å². The molecular formula is C9H18ClNO. The Morgan fingerprint density at radius 3 is 2.67 bits per heavy atom. The molecule has 1 aliphatic rings. The number of hydrogen-bond acceptors (Lipinski definition) is 2. The Labute approximate surface area is 80.3 Å². The van der Waals surface area contributed by atoms with Crippen molar-refractivity contribution < 1.29 is 5.11 Å². The normalized spacial score (nSPS) is 27.4. The van der Waals surface area contributed by atoms with E-state index in [1.165, 1.54) is 0 Å². The van der Waals surface area contributed by atoms with Crippen LogP contribution < -0.4 is 5.73 Å². The van der Waals surface area contributed by atoms with Gasteiger partial charge in [0.05, 0.1) is 5.60 Å². The molecule has 72 valence electrons. The number of rotatable bonds is 2. The molecule has 0 aromatic heterocycles. The average Bonchev–Trinajstić information content (AvgIpc) is 2.06. The fourth-order valence-corrected chi connectivity index (χ4v) is 1.53.